The monoisotopic (exact) mass is 538 g/mol. The molecule has 0 unspecified atom stereocenters. The Hall–Kier alpha value is -0.350. The van der Waals surface area contributed by atoms with Crippen LogP contribution in [0.25, 0.3) is 0 Å². The van der Waals surface area contributed by atoms with E-state index in [1.165, 1.54) is 0 Å². The average molecular weight is 540 g/mol. The van der Waals surface area contributed by atoms with Gasteiger partial charge in [-0.25, -0.2) is 0 Å². The van der Waals surface area contributed by atoms with Crippen LogP contribution in [-0.2, 0) is 32.4 Å². The Balaban J connectivity index is 0.000000960. The molecule has 0 aliphatic rings. The topological polar surface area (TPSA) is 40.5 Å². The number of rotatable bonds is 2. The van der Waals surface area contributed by atoms with Gasteiger partial charge in [0.15, 0.2) is 0 Å². The minimum absolute atomic E-state index is 0.129. The van der Waals surface area contributed by atoms with E-state index < -0.39 is 15.2 Å². The number of phenolic OH excluding ortho intramolecular Hbond substituents is 2. The Kier molecular flexibility index (Phi) is 9.48. The van der Waals surface area contributed by atoms with Crippen LogP contribution in [0.2, 0.25) is 0 Å². The fraction of sp³-hybridized carbons (Fsp3) is 0.478. The number of aromatic hydroxyl groups is 2. The van der Waals surface area contributed by atoms with Crippen molar-refractivity contribution in [3.8, 4) is 11.5 Å². The summed E-state index contributed by atoms with van der Waals surface area (Å²) in [5.41, 5.74) is 5.63. The van der Waals surface area contributed by atoms with Crippen LogP contribution in [0.15, 0.2) is 24.3 Å². The normalized spacial score (nSPS) is 12.0. The standard InChI is InChI=1S/C23H32O2.3ClH.Nb/c1-14-9-16(20(24)18(11-14)22(3,4)5)13-17-10-15(2)12-19(21(17)25)23(6,7)8;;;;/h9-12,24-25H,13H2,1-8H3;3*1H;/q;;;;+3/p-3. The molecule has 0 heterocycles. The Morgan fingerprint density at radius 2 is 0.966 bits per heavy atom. The molecule has 0 amide bonds. The van der Waals surface area contributed by atoms with Gasteiger partial charge >= 0.3 is 42.8 Å². The number of phenols is 2. The Morgan fingerprint density at radius 1 is 0.690 bits per heavy atom. The van der Waals surface area contributed by atoms with Crippen LogP contribution in [-0.4, -0.2) is 10.2 Å². The van der Waals surface area contributed by atoms with Crippen LogP contribution in [0.1, 0.15) is 74.9 Å². The summed E-state index contributed by atoms with van der Waals surface area (Å²) in [7, 11) is 15.0. The van der Waals surface area contributed by atoms with Gasteiger partial charge in [0.2, 0.25) is 0 Å². The van der Waals surface area contributed by atoms with Crippen molar-refractivity contribution in [2.45, 2.75) is 72.6 Å². The van der Waals surface area contributed by atoms with Gasteiger partial charge in [-0.05, 0) is 46.9 Å². The summed E-state index contributed by atoms with van der Waals surface area (Å²) >= 11 is -2.03. The third kappa shape index (κ3) is 8.01. The minimum atomic E-state index is -2.03. The first kappa shape index (κ1) is 26.7. The van der Waals surface area contributed by atoms with Crippen LogP contribution in [0.4, 0.5) is 0 Å². The quantitative estimate of drug-likeness (QED) is 0.380. The summed E-state index contributed by atoms with van der Waals surface area (Å²) in [6.45, 7) is 16.7. The zero-order chi connectivity index (χ0) is 22.7. The molecule has 0 aliphatic carbocycles. The van der Waals surface area contributed by atoms with E-state index in [9.17, 15) is 10.2 Å². The zero-order valence-electron chi connectivity index (χ0n) is 18.5. The molecule has 2 nitrogen and oxygen atoms in total. The fourth-order valence-corrected chi connectivity index (χ4v) is 3.33. The molecule has 0 fully saturated rings. The van der Waals surface area contributed by atoms with Crippen molar-refractivity contribution in [3.63, 3.8) is 0 Å². The van der Waals surface area contributed by atoms with Crippen molar-refractivity contribution in [3.05, 3.63) is 57.6 Å². The van der Waals surface area contributed by atoms with Crippen molar-refractivity contribution in [1.82, 2.24) is 0 Å². The molecule has 0 bridgehead atoms. The molecule has 0 radical (unpaired) electrons. The molecule has 0 aromatic heterocycles. The molecule has 2 aromatic carbocycles. The number of benzene rings is 2. The second-order valence-electron chi connectivity index (χ2n) is 9.51. The van der Waals surface area contributed by atoms with Crippen LogP contribution < -0.4 is 0 Å². The molecule has 162 valence electrons. The van der Waals surface area contributed by atoms with Gasteiger partial charge in [0.05, 0.1) is 0 Å². The van der Waals surface area contributed by atoms with Crippen molar-refractivity contribution >= 4 is 27.6 Å². The van der Waals surface area contributed by atoms with Gasteiger partial charge < -0.3 is 10.2 Å². The van der Waals surface area contributed by atoms with E-state index in [0.29, 0.717) is 17.9 Å². The summed E-state index contributed by atoms with van der Waals surface area (Å²) in [5.74, 6) is 0.688. The van der Waals surface area contributed by atoms with Gasteiger partial charge in [0, 0.05) is 6.42 Å². The summed E-state index contributed by atoms with van der Waals surface area (Å²) in [6, 6.07) is 8.14. The molecule has 0 saturated heterocycles. The predicted octanol–water partition coefficient (Wildman–Crippen LogP) is 7.97. The second-order valence-corrected chi connectivity index (χ2v) is 19.5. The van der Waals surface area contributed by atoms with Crippen LogP contribution in [0, 0.1) is 13.8 Å². The Labute approximate surface area is 193 Å². The van der Waals surface area contributed by atoms with Gasteiger partial charge in [-0.1, -0.05) is 76.9 Å². The average Bonchev–Trinajstić information content (AvgIpc) is 2.51. The summed E-state index contributed by atoms with van der Waals surface area (Å²) in [4.78, 5) is 0. The molecule has 29 heavy (non-hydrogen) atoms. The number of aryl methyl sites for hydroxylation is 2. The van der Waals surface area contributed by atoms with Gasteiger partial charge in [0.25, 0.3) is 0 Å². The van der Waals surface area contributed by atoms with Gasteiger partial charge in [0.1, 0.15) is 11.5 Å². The molecule has 0 aliphatic heterocycles. The third-order valence-corrected chi connectivity index (χ3v) is 4.66. The first-order chi connectivity index (χ1) is 13.0. The molecule has 0 saturated carbocycles. The molecule has 2 rings (SSSR count). The number of hydrogen-bond donors (Lipinski definition) is 2. The summed E-state index contributed by atoms with van der Waals surface area (Å²) in [5, 5.41) is 21.6. The first-order valence-electron chi connectivity index (χ1n) is 9.47. The number of hydrogen-bond acceptors (Lipinski definition) is 2. The van der Waals surface area contributed by atoms with E-state index in [-0.39, 0.29) is 10.8 Å². The Bertz CT molecular complexity index is 780. The molecular weight excluding hydrogens is 508 g/mol. The molecule has 0 spiro atoms. The van der Waals surface area contributed by atoms with E-state index in [0.717, 1.165) is 33.4 Å². The van der Waals surface area contributed by atoms with Crippen LogP contribution in [0.3, 0.4) is 0 Å². The maximum atomic E-state index is 10.8. The van der Waals surface area contributed by atoms with Crippen LogP contribution in [0.5, 0.6) is 11.5 Å². The van der Waals surface area contributed by atoms with Crippen LogP contribution >= 0.6 is 27.6 Å². The molecule has 6 heteroatoms. The van der Waals surface area contributed by atoms with Crippen molar-refractivity contribution in [2.75, 3.05) is 0 Å². The van der Waals surface area contributed by atoms with Gasteiger partial charge in [-0.2, -0.15) is 0 Å². The van der Waals surface area contributed by atoms with Crippen molar-refractivity contribution in [1.29, 1.82) is 0 Å². The van der Waals surface area contributed by atoms with E-state index in [1.54, 1.807) is 0 Å². The molecule has 2 N–H and O–H groups in total. The van der Waals surface area contributed by atoms with Crippen molar-refractivity contribution < 1.29 is 25.4 Å². The van der Waals surface area contributed by atoms with E-state index in [2.05, 4.69) is 67.5 Å². The fourth-order valence-electron chi connectivity index (χ4n) is 3.33. The second kappa shape index (κ2) is 10.3. The van der Waals surface area contributed by atoms with Crippen molar-refractivity contribution in [2.24, 2.45) is 0 Å². The SMILES string of the molecule is Cc1cc(Cc2cc(C)cc(C(C)(C)C)c2O)c(O)c(C(C)(C)C)c1.[Cl][Nb]([Cl])[Cl]. The van der Waals surface area contributed by atoms with E-state index >= 15 is 0 Å². The van der Waals surface area contributed by atoms with Gasteiger partial charge in [-0.3, -0.25) is 0 Å². The molecule has 2 aromatic rings. The third-order valence-electron chi connectivity index (χ3n) is 4.66. The molecular formula is C23H32Cl3NbO2. The zero-order valence-corrected chi connectivity index (χ0v) is 23.0. The number of halogens is 3. The van der Waals surface area contributed by atoms with E-state index in [1.807, 2.05) is 12.1 Å². The Morgan fingerprint density at radius 3 is 1.21 bits per heavy atom. The van der Waals surface area contributed by atoms with Gasteiger partial charge in [-0.15, -0.1) is 0 Å². The molecule has 0 atom stereocenters. The summed E-state index contributed by atoms with van der Waals surface area (Å²) < 4.78 is 0. The first-order valence-corrected chi connectivity index (χ1v) is 18.0. The van der Waals surface area contributed by atoms with E-state index in [4.69, 9.17) is 27.6 Å². The maximum absolute atomic E-state index is 10.8. The predicted molar refractivity (Wildman–Crippen MR) is 123 cm³/mol. The summed E-state index contributed by atoms with van der Waals surface area (Å²) in [6.07, 6.45) is 0.521.